The Kier molecular flexibility index (Phi) is 3.49. The monoisotopic (exact) mass is 289 g/mol. The number of furan rings is 1. The van der Waals surface area contributed by atoms with E-state index in [-0.39, 0.29) is 12.0 Å². The van der Waals surface area contributed by atoms with E-state index in [2.05, 4.69) is 0 Å². The molecule has 2 heterocycles. The van der Waals surface area contributed by atoms with Crippen molar-refractivity contribution < 1.29 is 13.9 Å². The minimum Gasteiger partial charge on any atom is -0.467 e. The van der Waals surface area contributed by atoms with Crippen molar-refractivity contribution in [3.8, 4) is 0 Å². The highest BCUT2D eigenvalue weighted by Crippen LogP contribution is 2.58. The second kappa shape index (κ2) is 5.48. The van der Waals surface area contributed by atoms with Crippen LogP contribution in [0.1, 0.15) is 37.9 Å². The number of fused-ring (bicyclic) bond motifs is 1. The molecule has 2 saturated carbocycles. The van der Waals surface area contributed by atoms with Crippen LogP contribution in [0.5, 0.6) is 0 Å². The Hall–Kier alpha value is -1.29. The first-order valence-electron chi connectivity index (χ1n) is 8.25. The van der Waals surface area contributed by atoms with Crippen LogP contribution in [0.3, 0.4) is 0 Å². The van der Waals surface area contributed by atoms with Crippen LogP contribution in [0, 0.1) is 17.8 Å². The summed E-state index contributed by atoms with van der Waals surface area (Å²) < 4.78 is 11.2. The number of hydrogen-bond acceptors (Lipinski definition) is 3. The van der Waals surface area contributed by atoms with Crippen molar-refractivity contribution in [2.45, 2.75) is 44.8 Å². The molecule has 0 bridgehead atoms. The molecule has 2 aliphatic carbocycles. The minimum atomic E-state index is 0.211. The van der Waals surface area contributed by atoms with Crippen molar-refractivity contribution >= 4 is 5.91 Å². The van der Waals surface area contributed by atoms with Crippen LogP contribution in [0.2, 0.25) is 0 Å². The molecule has 114 valence electrons. The number of ether oxygens (including phenoxy) is 1. The lowest BCUT2D eigenvalue weighted by molar-refractivity contribution is -0.136. The second-order valence-corrected chi connectivity index (χ2v) is 6.72. The van der Waals surface area contributed by atoms with E-state index in [0.29, 0.717) is 24.3 Å². The molecule has 0 aromatic carbocycles. The zero-order valence-electron chi connectivity index (χ0n) is 12.4. The summed E-state index contributed by atoms with van der Waals surface area (Å²) in [6.07, 6.45) is 7.87. The average Bonchev–Trinajstić information content (AvgIpc) is 3.05. The fourth-order valence-corrected chi connectivity index (χ4v) is 4.26. The van der Waals surface area contributed by atoms with Crippen molar-refractivity contribution in [2.24, 2.45) is 17.8 Å². The van der Waals surface area contributed by atoms with E-state index in [1.54, 1.807) is 6.26 Å². The van der Waals surface area contributed by atoms with Crippen molar-refractivity contribution in [1.29, 1.82) is 0 Å². The van der Waals surface area contributed by atoms with Gasteiger partial charge in [-0.3, -0.25) is 4.79 Å². The Morgan fingerprint density at radius 1 is 1.24 bits per heavy atom. The molecule has 0 spiro atoms. The SMILES string of the molecule is O=C(C1[C@H]2CCC[C@@H]12)N(Cc1ccco1)C[C@H]1CCCO1. The molecule has 4 nitrogen and oxygen atoms in total. The van der Waals surface area contributed by atoms with Crippen LogP contribution in [-0.2, 0) is 16.1 Å². The standard InChI is InChI=1S/C17H23NO3/c19-17(16-14-6-1-7-15(14)16)18(10-12-4-2-8-20-12)11-13-5-3-9-21-13/h2,4,8,13-16H,1,3,5-7,9-11H2/t13-,14-,15+,16?/m1/s1. The fourth-order valence-electron chi connectivity index (χ4n) is 4.26. The van der Waals surface area contributed by atoms with Gasteiger partial charge in [-0.05, 0) is 49.7 Å². The summed E-state index contributed by atoms with van der Waals surface area (Å²) in [4.78, 5) is 14.8. The number of amides is 1. The van der Waals surface area contributed by atoms with Crippen LogP contribution in [0.15, 0.2) is 22.8 Å². The van der Waals surface area contributed by atoms with E-state index in [1.165, 1.54) is 19.3 Å². The quantitative estimate of drug-likeness (QED) is 0.837. The van der Waals surface area contributed by atoms with Gasteiger partial charge in [0, 0.05) is 19.1 Å². The van der Waals surface area contributed by atoms with Gasteiger partial charge in [-0.1, -0.05) is 6.42 Å². The summed E-state index contributed by atoms with van der Waals surface area (Å²) in [5.74, 6) is 2.82. The topological polar surface area (TPSA) is 42.7 Å². The van der Waals surface area contributed by atoms with Crippen LogP contribution in [-0.4, -0.2) is 30.1 Å². The lowest BCUT2D eigenvalue weighted by Crippen LogP contribution is -2.38. The third-order valence-electron chi connectivity index (χ3n) is 5.38. The molecule has 0 radical (unpaired) electrons. The smallest absolute Gasteiger partial charge is 0.226 e. The molecule has 1 saturated heterocycles. The first-order valence-corrected chi connectivity index (χ1v) is 8.25. The van der Waals surface area contributed by atoms with Gasteiger partial charge in [0.15, 0.2) is 0 Å². The van der Waals surface area contributed by atoms with E-state index < -0.39 is 0 Å². The van der Waals surface area contributed by atoms with Crippen molar-refractivity contribution in [3.63, 3.8) is 0 Å². The molecule has 1 aliphatic heterocycles. The maximum absolute atomic E-state index is 12.9. The molecule has 0 N–H and O–H groups in total. The molecule has 1 aromatic rings. The van der Waals surface area contributed by atoms with E-state index in [4.69, 9.17) is 9.15 Å². The van der Waals surface area contributed by atoms with E-state index in [0.717, 1.165) is 31.8 Å². The van der Waals surface area contributed by atoms with E-state index in [9.17, 15) is 4.79 Å². The predicted molar refractivity (Wildman–Crippen MR) is 77.4 cm³/mol. The van der Waals surface area contributed by atoms with Gasteiger partial charge in [-0.2, -0.15) is 0 Å². The van der Waals surface area contributed by atoms with Crippen LogP contribution >= 0.6 is 0 Å². The highest BCUT2D eigenvalue weighted by atomic mass is 16.5. The largest absolute Gasteiger partial charge is 0.467 e. The number of carbonyl (C=O) groups is 1. The molecule has 3 fully saturated rings. The van der Waals surface area contributed by atoms with Gasteiger partial charge < -0.3 is 14.1 Å². The van der Waals surface area contributed by atoms with Gasteiger partial charge in [0.05, 0.1) is 18.9 Å². The molecule has 1 unspecified atom stereocenters. The summed E-state index contributed by atoms with van der Waals surface area (Å²) in [7, 11) is 0. The lowest BCUT2D eigenvalue weighted by atomic mass is 10.1. The third-order valence-corrected chi connectivity index (χ3v) is 5.38. The molecule has 4 atom stereocenters. The van der Waals surface area contributed by atoms with Crippen molar-refractivity contribution in [2.75, 3.05) is 13.2 Å². The zero-order valence-corrected chi connectivity index (χ0v) is 12.4. The Morgan fingerprint density at radius 3 is 2.76 bits per heavy atom. The summed E-state index contributed by atoms with van der Waals surface area (Å²) in [5.41, 5.74) is 0. The zero-order chi connectivity index (χ0) is 14.2. The van der Waals surface area contributed by atoms with Gasteiger partial charge in [-0.25, -0.2) is 0 Å². The molecular weight excluding hydrogens is 266 g/mol. The van der Waals surface area contributed by atoms with Crippen LogP contribution in [0.25, 0.3) is 0 Å². The minimum absolute atomic E-state index is 0.211. The molecule has 21 heavy (non-hydrogen) atoms. The summed E-state index contributed by atoms with van der Waals surface area (Å²) in [6, 6.07) is 3.83. The molecule has 4 heteroatoms. The average molecular weight is 289 g/mol. The van der Waals surface area contributed by atoms with Gasteiger partial charge >= 0.3 is 0 Å². The van der Waals surface area contributed by atoms with Gasteiger partial charge in [-0.15, -0.1) is 0 Å². The summed E-state index contributed by atoms with van der Waals surface area (Å²) in [5, 5.41) is 0. The van der Waals surface area contributed by atoms with Crippen LogP contribution < -0.4 is 0 Å². The van der Waals surface area contributed by atoms with Gasteiger partial charge in [0.25, 0.3) is 0 Å². The highest BCUT2D eigenvalue weighted by molar-refractivity contribution is 5.82. The maximum atomic E-state index is 12.9. The van der Waals surface area contributed by atoms with Crippen molar-refractivity contribution in [3.05, 3.63) is 24.2 Å². The Bertz CT molecular complexity index is 482. The number of nitrogens with zero attached hydrogens (tertiary/aromatic N) is 1. The number of carbonyl (C=O) groups excluding carboxylic acids is 1. The summed E-state index contributed by atoms with van der Waals surface area (Å²) >= 11 is 0. The maximum Gasteiger partial charge on any atom is 0.226 e. The van der Waals surface area contributed by atoms with E-state index >= 15 is 0 Å². The first-order chi connectivity index (χ1) is 10.3. The Balaban J connectivity index is 1.44. The second-order valence-electron chi connectivity index (χ2n) is 6.72. The molecular formula is C17H23NO3. The lowest BCUT2D eigenvalue weighted by Gasteiger charge is -2.25. The number of rotatable bonds is 5. The van der Waals surface area contributed by atoms with Gasteiger partial charge in [0.1, 0.15) is 5.76 Å². The summed E-state index contributed by atoms with van der Waals surface area (Å²) in [6.45, 7) is 2.14. The van der Waals surface area contributed by atoms with E-state index in [1.807, 2.05) is 17.0 Å². The Morgan fingerprint density at radius 2 is 2.10 bits per heavy atom. The fraction of sp³-hybridized carbons (Fsp3) is 0.706. The molecule has 3 aliphatic rings. The highest BCUT2D eigenvalue weighted by Gasteiger charge is 2.57. The molecule has 1 aromatic heterocycles. The van der Waals surface area contributed by atoms with Gasteiger partial charge in [0.2, 0.25) is 5.91 Å². The third kappa shape index (κ3) is 2.61. The Labute approximate surface area is 125 Å². The molecule has 1 amide bonds. The first kappa shape index (κ1) is 13.4. The van der Waals surface area contributed by atoms with Crippen molar-refractivity contribution in [1.82, 2.24) is 4.90 Å². The normalized spacial score (nSPS) is 33.9. The number of hydrogen-bond donors (Lipinski definition) is 0. The predicted octanol–water partition coefficient (Wildman–Crippen LogP) is 2.83. The van der Waals surface area contributed by atoms with Crippen LogP contribution in [0.4, 0.5) is 0 Å². The molecule has 4 rings (SSSR count).